The van der Waals surface area contributed by atoms with Gasteiger partial charge in [0.2, 0.25) is 0 Å². The molecular weight excluding hydrogens is 325 g/mol. The van der Waals surface area contributed by atoms with Crippen LogP contribution in [0.1, 0.15) is 36.0 Å². The number of aliphatic imine (C=N–C) groups is 1. The second-order valence-corrected chi connectivity index (χ2v) is 6.17. The first-order valence-electron chi connectivity index (χ1n) is 6.94. The standard InChI is InChI=1S/C15H17F3N4S/c1-9(2)10-4-3-5-11(6-10)21-14(19)20-7-13-22-12(8-23-13)15(16,17)18/h3-6,8-9H,7H2,1-2H3,(H3,19,20,21). The van der Waals surface area contributed by atoms with Crippen molar-refractivity contribution in [1.29, 1.82) is 0 Å². The largest absolute Gasteiger partial charge is 0.434 e. The molecule has 1 aromatic heterocycles. The number of benzene rings is 1. The molecule has 8 heteroatoms. The van der Waals surface area contributed by atoms with E-state index in [0.29, 0.717) is 5.92 Å². The van der Waals surface area contributed by atoms with Crippen molar-refractivity contribution >= 4 is 23.0 Å². The highest BCUT2D eigenvalue weighted by Crippen LogP contribution is 2.30. The molecule has 0 radical (unpaired) electrons. The molecule has 1 heterocycles. The van der Waals surface area contributed by atoms with E-state index in [-0.39, 0.29) is 17.5 Å². The number of nitrogens with zero attached hydrogens (tertiary/aromatic N) is 2. The van der Waals surface area contributed by atoms with Crippen LogP contribution in [-0.2, 0) is 12.7 Å². The summed E-state index contributed by atoms with van der Waals surface area (Å²) in [5, 5.41) is 4.16. The highest BCUT2D eigenvalue weighted by molar-refractivity contribution is 7.09. The maximum atomic E-state index is 12.5. The van der Waals surface area contributed by atoms with Crippen LogP contribution in [0.15, 0.2) is 34.6 Å². The lowest BCUT2D eigenvalue weighted by Gasteiger charge is -2.09. The molecule has 3 N–H and O–H groups in total. The first kappa shape index (κ1) is 17.3. The maximum Gasteiger partial charge on any atom is 0.434 e. The Bertz CT molecular complexity index is 692. The van der Waals surface area contributed by atoms with Crippen LogP contribution < -0.4 is 11.1 Å². The van der Waals surface area contributed by atoms with Crippen molar-refractivity contribution < 1.29 is 13.2 Å². The highest BCUT2D eigenvalue weighted by atomic mass is 32.1. The van der Waals surface area contributed by atoms with Gasteiger partial charge in [-0.15, -0.1) is 11.3 Å². The normalized spacial score (nSPS) is 12.7. The number of aromatic nitrogens is 1. The summed E-state index contributed by atoms with van der Waals surface area (Å²) in [5.41, 5.74) is 6.80. The van der Waals surface area contributed by atoms with Gasteiger partial charge < -0.3 is 11.1 Å². The van der Waals surface area contributed by atoms with Gasteiger partial charge in [0.1, 0.15) is 5.01 Å². The molecule has 0 fully saturated rings. The van der Waals surface area contributed by atoms with E-state index < -0.39 is 11.9 Å². The second kappa shape index (κ2) is 6.99. The Hall–Kier alpha value is -2.09. The molecule has 0 amide bonds. The minimum Gasteiger partial charge on any atom is -0.370 e. The molecule has 1 aromatic carbocycles. The molecule has 0 bridgehead atoms. The first-order chi connectivity index (χ1) is 10.8. The van der Waals surface area contributed by atoms with Crippen LogP contribution in [0.5, 0.6) is 0 Å². The van der Waals surface area contributed by atoms with Crippen molar-refractivity contribution in [3.63, 3.8) is 0 Å². The lowest BCUT2D eigenvalue weighted by Crippen LogP contribution is -2.22. The van der Waals surface area contributed by atoms with Crippen LogP contribution in [0.25, 0.3) is 0 Å². The third kappa shape index (κ3) is 4.95. The van der Waals surface area contributed by atoms with Gasteiger partial charge in [0.25, 0.3) is 0 Å². The average Bonchev–Trinajstić information content (AvgIpc) is 2.94. The molecule has 4 nitrogen and oxygen atoms in total. The molecular formula is C15H17F3N4S. The number of rotatable bonds is 4. The van der Waals surface area contributed by atoms with E-state index in [0.717, 1.165) is 28.0 Å². The number of thiazole rings is 1. The fraction of sp³-hybridized carbons (Fsp3) is 0.333. The quantitative estimate of drug-likeness (QED) is 0.646. The molecule has 0 aliphatic heterocycles. The fourth-order valence-corrected chi connectivity index (χ4v) is 2.55. The van der Waals surface area contributed by atoms with E-state index in [1.54, 1.807) is 0 Å². The van der Waals surface area contributed by atoms with Crippen molar-refractivity contribution in [2.45, 2.75) is 32.5 Å². The molecule has 0 saturated carbocycles. The molecule has 0 saturated heterocycles. The Balaban J connectivity index is 2.00. The number of nitrogens with two attached hydrogens (primary N) is 1. The summed E-state index contributed by atoms with van der Waals surface area (Å²) in [6.07, 6.45) is -4.43. The highest BCUT2D eigenvalue weighted by Gasteiger charge is 2.33. The van der Waals surface area contributed by atoms with Crippen LogP contribution in [0, 0.1) is 0 Å². The van der Waals surface area contributed by atoms with Gasteiger partial charge in [-0.2, -0.15) is 13.2 Å². The topological polar surface area (TPSA) is 63.3 Å². The Morgan fingerprint density at radius 1 is 1.39 bits per heavy atom. The Morgan fingerprint density at radius 3 is 2.74 bits per heavy atom. The van der Waals surface area contributed by atoms with Gasteiger partial charge in [0, 0.05) is 11.1 Å². The number of anilines is 1. The third-order valence-electron chi connectivity index (χ3n) is 3.05. The number of hydrogen-bond acceptors (Lipinski definition) is 3. The van der Waals surface area contributed by atoms with Gasteiger partial charge in [-0.1, -0.05) is 26.0 Å². The molecule has 124 valence electrons. The number of alkyl halides is 3. The second-order valence-electron chi connectivity index (χ2n) is 5.23. The van der Waals surface area contributed by atoms with Gasteiger partial charge in [-0.3, -0.25) is 0 Å². The lowest BCUT2D eigenvalue weighted by atomic mass is 10.0. The van der Waals surface area contributed by atoms with Crippen molar-refractivity contribution in [2.75, 3.05) is 5.32 Å². The summed E-state index contributed by atoms with van der Waals surface area (Å²) in [6, 6.07) is 7.72. The Labute approximate surface area is 136 Å². The first-order valence-corrected chi connectivity index (χ1v) is 7.82. The summed E-state index contributed by atoms with van der Waals surface area (Å²) in [6.45, 7) is 4.16. The van der Waals surface area contributed by atoms with E-state index in [2.05, 4.69) is 29.1 Å². The van der Waals surface area contributed by atoms with Gasteiger partial charge in [0.15, 0.2) is 11.7 Å². The number of nitrogens with one attached hydrogen (secondary N) is 1. The minimum absolute atomic E-state index is 0.00342. The molecule has 0 aliphatic carbocycles. The number of hydrogen-bond donors (Lipinski definition) is 2. The van der Waals surface area contributed by atoms with Crippen LogP contribution in [0.2, 0.25) is 0 Å². The number of guanidine groups is 1. The van der Waals surface area contributed by atoms with Crippen molar-refractivity contribution in [3.05, 3.63) is 45.9 Å². The van der Waals surface area contributed by atoms with Gasteiger partial charge in [0.05, 0.1) is 6.54 Å². The zero-order valence-corrected chi connectivity index (χ0v) is 13.5. The van der Waals surface area contributed by atoms with Crippen molar-refractivity contribution in [2.24, 2.45) is 10.7 Å². The fourth-order valence-electron chi connectivity index (χ4n) is 1.83. The zero-order chi connectivity index (χ0) is 17.0. The molecule has 0 unspecified atom stereocenters. The van der Waals surface area contributed by atoms with Gasteiger partial charge in [-0.05, 0) is 23.6 Å². The van der Waals surface area contributed by atoms with Crippen molar-refractivity contribution in [1.82, 2.24) is 4.98 Å². The van der Waals surface area contributed by atoms with Crippen LogP contribution in [0.4, 0.5) is 18.9 Å². The minimum atomic E-state index is -4.43. The van der Waals surface area contributed by atoms with Crippen LogP contribution in [0.3, 0.4) is 0 Å². The summed E-state index contributed by atoms with van der Waals surface area (Å²) in [7, 11) is 0. The molecule has 0 aliphatic rings. The third-order valence-corrected chi connectivity index (χ3v) is 3.89. The smallest absolute Gasteiger partial charge is 0.370 e. The SMILES string of the molecule is CC(C)c1cccc(NC(N)=NCc2nc(C(F)(F)F)cs2)c1. The van der Waals surface area contributed by atoms with Crippen LogP contribution >= 0.6 is 11.3 Å². The Kier molecular flexibility index (Phi) is 5.25. The number of halogens is 3. The zero-order valence-electron chi connectivity index (χ0n) is 12.7. The van der Waals surface area contributed by atoms with E-state index in [9.17, 15) is 13.2 Å². The summed E-state index contributed by atoms with van der Waals surface area (Å²) in [5.74, 6) is 0.515. The molecule has 23 heavy (non-hydrogen) atoms. The van der Waals surface area contributed by atoms with E-state index in [4.69, 9.17) is 5.73 Å². The van der Waals surface area contributed by atoms with Gasteiger partial charge in [-0.25, -0.2) is 9.98 Å². The summed E-state index contributed by atoms with van der Waals surface area (Å²) >= 11 is 0.910. The monoisotopic (exact) mass is 342 g/mol. The van der Waals surface area contributed by atoms with E-state index >= 15 is 0 Å². The van der Waals surface area contributed by atoms with Crippen LogP contribution in [-0.4, -0.2) is 10.9 Å². The summed E-state index contributed by atoms with van der Waals surface area (Å²) in [4.78, 5) is 7.52. The molecule has 0 atom stereocenters. The van der Waals surface area contributed by atoms with Crippen molar-refractivity contribution in [3.8, 4) is 0 Å². The van der Waals surface area contributed by atoms with Gasteiger partial charge >= 0.3 is 6.18 Å². The summed E-state index contributed by atoms with van der Waals surface area (Å²) < 4.78 is 37.4. The predicted molar refractivity (Wildman–Crippen MR) is 86.6 cm³/mol. The van der Waals surface area contributed by atoms with E-state index in [1.165, 1.54) is 0 Å². The average molecular weight is 342 g/mol. The molecule has 2 rings (SSSR count). The predicted octanol–water partition coefficient (Wildman–Crippen LogP) is 4.21. The Morgan fingerprint density at radius 2 is 2.13 bits per heavy atom. The van der Waals surface area contributed by atoms with E-state index in [1.807, 2.05) is 24.3 Å². The maximum absolute atomic E-state index is 12.5. The molecule has 0 spiro atoms. The molecule has 2 aromatic rings. The lowest BCUT2D eigenvalue weighted by molar-refractivity contribution is -0.140.